The van der Waals surface area contributed by atoms with Gasteiger partial charge >= 0.3 is 5.91 Å². The lowest BCUT2D eigenvalue weighted by Crippen LogP contribution is -2.57. The van der Waals surface area contributed by atoms with Crippen LogP contribution in [0.25, 0.3) is 4.91 Å². The van der Waals surface area contributed by atoms with Crippen molar-refractivity contribution in [2.24, 2.45) is 5.73 Å². The molecule has 0 unspecified atom stereocenters. The average Bonchev–Trinajstić information content (AvgIpc) is 3.12. The lowest BCUT2D eigenvalue weighted by molar-refractivity contribution is -0.145. The first-order valence-corrected chi connectivity index (χ1v) is 9.96. The number of amides is 1. The number of rotatable bonds is 7. The quantitative estimate of drug-likeness (QED) is 0.563. The highest BCUT2D eigenvalue weighted by molar-refractivity contribution is 8.08. The Labute approximate surface area is 169 Å². The van der Waals surface area contributed by atoms with Crippen molar-refractivity contribution in [1.82, 2.24) is 9.01 Å². The summed E-state index contributed by atoms with van der Waals surface area (Å²) in [5.74, 6) is -0.476. The molecule has 0 fully saturated rings. The molecule has 1 amide bonds. The molecular weight excluding hydrogens is 377 g/mol. The molecule has 2 aromatic rings. The number of para-hydroxylation sites is 1. The number of nitrogens with zero attached hydrogens (tertiary/aromatic N) is 2. The number of methoxy groups -OCH3 is 1. The molecule has 1 aliphatic rings. The van der Waals surface area contributed by atoms with E-state index in [4.69, 9.17) is 10.5 Å². The number of hydrogen-bond donors (Lipinski definition) is 1. The Bertz CT molecular complexity index is 862. The summed E-state index contributed by atoms with van der Waals surface area (Å²) in [4.78, 5) is 14.0. The molecule has 7 heteroatoms. The summed E-state index contributed by atoms with van der Waals surface area (Å²) >= 11 is 1.50. The number of hydrogen-bond acceptors (Lipinski definition) is 4. The van der Waals surface area contributed by atoms with Gasteiger partial charge in [0.05, 0.1) is 11.1 Å². The van der Waals surface area contributed by atoms with Gasteiger partial charge in [0, 0.05) is 25.7 Å². The Morgan fingerprint density at radius 1 is 1.25 bits per heavy atom. The van der Waals surface area contributed by atoms with Crippen LogP contribution in [0.3, 0.4) is 0 Å². The molecule has 1 aliphatic heterocycles. The van der Waals surface area contributed by atoms with Crippen LogP contribution in [0.1, 0.15) is 18.9 Å². The molecule has 0 bridgehead atoms. The normalized spacial score (nSPS) is 20.1. The van der Waals surface area contributed by atoms with Crippen molar-refractivity contribution in [3.63, 3.8) is 0 Å². The summed E-state index contributed by atoms with van der Waals surface area (Å²) in [6.07, 6.45) is 1.90. The van der Waals surface area contributed by atoms with Crippen LogP contribution in [0.5, 0.6) is 0 Å². The molecule has 2 atom stereocenters. The van der Waals surface area contributed by atoms with E-state index in [0.717, 1.165) is 22.6 Å². The fourth-order valence-electron chi connectivity index (χ4n) is 3.14. The van der Waals surface area contributed by atoms with Crippen LogP contribution in [-0.4, -0.2) is 37.2 Å². The molecular formula is C21H25FN3O2S+. The van der Waals surface area contributed by atoms with Crippen LogP contribution >= 0.6 is 11.9 Å². The molecule has 148 valence electrons. The fourth-order valence-corrected chi connectivity index (χ4v) is 4.51. The Hall–Kier alpha value is -2.19. The SMILES string of the molecule is CO[C@@H](C)C(=O)N1C=C(c2cccc(F)c2)S[N@@+]1(CCCN)c1ccccc1. The number of quaternary nitrogens is 1. The van der Waals surface area contributed by atoms with Gasteiger partial charge in [0.15, 0.2) is 5.69 Å². The molecule has 0 saturated heterocycles. The summed E-state index contributed by atoms with van der Waals surface area (Å²) < 4.78 is 19.3. The fraction of sp³-hybridized carbons (Fsp3) is 0.286. The minimum Gasteiger partial charge on any atom is -0.372 e. The summed E-state index contributed by atoms with van der Waals surface area (Å²) in [6.45, 7) is 2.84. The van der Waals surface area contributed by atoms with Crippen LogP contribution in [0.4, 0.5) is 10.1 Å². The number of ether oxygens (including phenoxy) is 1. The van der Waals surface area contributed by atoms with Crippen molar-refractivity contribution >= 4 is 28.4 Å². The monoisotopic (exact) mass is 402 g/mol. The predicted molar refractivity (Wildman–Crippen MR) is 112 cm³/mol. The van der Waals surface area contributed by atoms with Crippen molar-refractivity contribution in [2.75, 3.05) is 20.2 Å². The summed E-state index contributed by atoms with van der Waals surface area (Å²) in [6, 6.07) is 16.2. The van der Waals surface area contributed by atoms with Crippen molar-refractivity contribution in [1.29, 1.82) is 0 Å². The number of carbonyl (C=O) groups excluding carboxylic acids is 1. The second-order valence-electron chi connectivity index (χ2n) is 6.56. The summed E-state index contributed by atoms with van der Waals surface area (Å²) in [7, 11) is 1.51. The first kappa shape index (κ1) is 20.5. The second kappa shape index (κ2) is 8.87. The van der Waals surface area contributed by atoms with Gasteiger partial charge in [-0.3, -0.25) is 4.79 Å². The van der Waals surface area contributed by atoms with Crippen molar-refractivity contribution in [3.05, 3.63) is 72.2 Å². The third-order valence-corrected chi connectivity index (χ3v) is 6.11. The second-order valence-corrected chi connectivity index (χ2v) is 7.79. The van der Waals surface area contributed by atoms with Crippen LogP contribution in [0, 0.1) is 5.82 Å². The maximum absolute atomic E-state index is 13.8. The van der Waals surface area contributed by atoms with Gasteiger partial charge in [-0.2, -0.15) is 0 Å². The Kier molecular flexibility index (Phi) is 6.51. The Morgan fingerprint density at radius 2 is 2.00 bits per heavy atom. The Morgan fingerprint density at radius 3 is 2.64 bits per heavy atom. The molecule has 0 aliphatic carbocycles. The minimum absolute atomic E-state index is 0.165. The van der Waals surface area contributed by atoms with E-state index < -0.39 is 6.10 Å². The molecule has 3 rings (SSSR count). The maximum Gasteiger partial charge on any atom is 0.302 e. The van der Waals surface area contributed by atoms with Crippen LogP contribution < -0.4 is 9.73 Å². The molecule has 0 spiro atoms. The van der Waals surface area contributed by atoms with Crippen LogP contribution in [0.2, 0.25) is 0 Å². The van der Waals surface area contributed by atoms with Crippen molar-refractivity contribution in [3.8, 4) is 0 Å². The van der Waals surface area contributed by atoms with E-state index in [0.29, 0.717) is 13.1 Å². The topological polar surface area (TPSA) is 55.6 Å². The molecule has 2 aromatic carbocycles. The van der Waals surface area contributed by atoms with Gasteiger partial charge in [-0.05, 0) is 31.2 Å². The number of nitrogens with two attached hydrogens (primary N) is 1. The van der Waals surface area contributed by atoms with Gasteiger partial charge in [-0.1, -0.05) is 30.3 Å². The smallest absolute Gasteiger partial charge is 0.302 e. The van der Waals surface area contributed by atoms with Gasteiger partial charge in [-0.25, -0.2) is 4.39 Å². The number of carbonyl (C=O) groups is 1. The zero-order chi connectivity index (χ0) is 20.1. The molecule has 0 aromatic heterocycles. The molecule has 28 heavy (non-hydrogen) atoms. The molecule has 0 saturated carbocycles. The highest BCUT2D eigenvalue weighted by atomic mass is 32.2. The summed E-state index contributed by atoms with van der Waals surface area (Å²) in [5.41, 5.74) is 7.48. The molecule has 0 radical (unpaired) electrons. The third kappa shape index (κ3) is 3.98. The van der Waals surface area contributed by atoms with Gasteiger partial charge in [0.2, 0.25) is 0 Å². The highest BCUT2D eigenvalue weighted by Crippen LogP contribution is 2.49. The largest absolute Gasteiger partial charge is 0.372 e. The van der Waals surface area contributed by atoms with E-state index in [1.807, 2.05) is 36.4 Å². The maximum atomic E-state index is 13.8. The Balaban J connectivity index is 2.11. The first-order valence-electron chi connectivity index (χ1n) is 9.19. The van der Waals surface area contributed by atoms with Crippen molar-refractivity contribution < 1.29 is 13.9 Å². The van der Waals surface area contributed by atoms with Crippen molar-refractivity contribution in [2.45, 2.75) is 19.4 Å². The highest BCUT2D eigenvalue weighted by Gasteiger charge is 2.49. The van der Waals surface area contributed by atoms with E-state index in [2.05, 4.69) is 0 Å². The zero-order valence-electron chi connectivity index (χ0n) is 16.0. The average molecular weight is 403 g/mol. The van der Waals surface area contributed by atoms with E-state index in [-0.39, 0.29) is 15.7 Å². The lowest BCUT2D eigenvalue weighted by atomic mass is 10.2. The number of benzene rings is 2. The molecule has 2 N–H and O–H groups in total. The van der Waals surface area contributed by atoms with Crippen LogP contribution in [0.15, 0.2) is 60.8 Å². The van der Waals surface area contributed by atoms with E-state index in [1.165, 1.54) is 31.2 Å². The van der Waals surface area contributed by atoms with E-state index >= 15 is 0 Å². The first-order chi connectivity index (χ1) is 13.5. The minimum atomic E-state index is -0.609. The zero-order valence-corrected chi connectivity index (χ0v) is 16.9. The summed E-state index contributed by atoms with van der Waals surface area (Å²) in [5, 5.41) is 1.68. The third-order valence-electron chi connectivity index (χ3n) is 4.70. The van der Waals surface area contributed by atoms with E-state index in [9.17, 15) is 9.18 Å². The van der Waals surface area contributed by atoms with Gasteiger partial charge < -0.3 is 10.5 Å². The molecule has 5 nitrogen and oxygen atoms in total. The molecule has 1 heterocycles. The lowest BCUT2D eigenvalue weighted by Gasteiger charge is -2.37. The van der Waals surface area contributed by atoms with Crippen LogP contribution in [-0.2, 0) is 9.53 Å². The van der Waals surface area contributed by atoms with Gasteiger partial charge in [0.25, 0.3) is 0 Å². The predicted octanol–water partition coefficient (Wildman–Crippen LogP) is 3.92. The van der Waals surface area contributed by atoms with E-state index in [1.54, 1.807) is 24.2 Å². The van der Waals surface area contributed by atoms with Gasteiger partial charge in [-0.15, -0.1) is 9.01 Å². The standard InChI is InChI=1S/C21H25FN3O2S/c1-16(27-2)21(26)24-15-20(17-8-6-9-18(22)14-17)28-25(24,13-7-12-23)19-10-4-3-5-11-19/h3-6,8-11,14-16H,7,12-13,23H2,1-2H3/q+1/t16-,25-/m0/s1. The van der Waals surface area contributed by atoms with Gasteiger partial charge in [0.1, 0.15) is 30.4 Å². The number of halogens is 1.